The predicted octanol–water partition coefficient (Wildman–Crippen LogP) is 3.51. The number of nitrogens with one attached hydrogen (secondary N) is 1. The van der Waals surface area contributed by atoms with Crippen molar-refractivity contribution >= 4 is 21.8 Å². The minimum absolute atomic E-state index is 0.0834. The number of halogens is 1. The first-order valence-corrected chi connectivity index (χ1v) is 7.58. The van der Waals surface area contributed by atoms with E-state index in [1.165, 1.54) is 0 Å². The van der Waals surface area contributed by atoms with Crippen LogP contribution in [0.4, 0.5) is 0 Å². The van der Waals surface area contributed by atoms with Crippen LogP contribution in [0.15, 0.2) is 21.2 Å². The molecule has 1 unspecified atom stereocenters. The van der Waals surface area contributed by atoms with E-state index in [9.17, 15) is 4.79 Å². The molecule has 1 aliphatic rings. The van der Waals surface area contributed by atoms with Crippen LogP contribution in [-0.2, 0) is 4.74 Å². The molecule has 19 heavy (non-hydrogen) atoms. The summed E-state index contributed by atoms with van der Waals surface area (Å²) in [6, 6.07) is 3.55. The van der Waals surface area contributed by atoms with Gasteiger partial charge in [0.25, 0.3) is 5.91 Å². The molecule has 4 nitrogen and oxygen atoms in total. The minimum atomic E-state index is -0.154. The number of ether oxygens (including phenoxy) is 1. The third kappa shape index (κ3) is 3.39. The molecule has 1 N–H and O–H groups in total. The van der Waals surface area contributed by atoms with E-state index in [-0.39, 0.29) is 17.6 Å². The largest absolute Gasteiger partial charge is 0.444 e. The number of amides is 1. The van der Waals surface area contributed by atoms with Crippen molar-refractivity contribution in [3.05, 3.63) is 22.6 Å². The molecular formula is C14H20BrNO3. The van der Waals surface area contributed by atoms with Gasteiger partial charge in [0, 0.05) is 12.6 Å². The van der Waals surface area contributed by atoms with Gasteiger partial charge in [-0.3, -0.25) is 4.79 Å². The Labute approximate surface area is 122 Å². The quantitative estimate of drug-likeness (QED) is 0.919. The third-order valence-electron chi connectivity index (χ3n) is 3.91. The maximum atomic E-state index is 12.0. The molecule has 1 aromatic rings. The maximum absolute atomic E-state index is 12.0. The van der Waals surface area contributed by atoms with Crippen LogP contribution in [0, 0.1) is 0 Å². The van der Waals surface area contributed by atoms with Crippen LogP contribution in [0.1, 0.15) is 50.1 Å². The van der Waals surface area contributed by atoms with Gasteiger partial charge in [0.15, 0.2) is 10.4 Å². The molecule has 5 heteroatoms. The lowest BCUT2D eigenvalue weighted by Crippen LogP contribution is -2.48. The predicted molar refractivity (Wildman–Crippen MR) is 76.2 cm³/mol. The summed E-state index contributed by atoms with van der Waals surface area (Å²) >= 11 is 3.20. The monoisotopic (exact) mass is 329 g/mol. The Bertz CT molecular complexity index is 440. The standard InChI is InChI=1S/C14H20BrNO3/c1-3-14(4-2)9-10(7-8-18-14)16-13(17)11-5-6-12(15)19-11/h5-6,10H,3-4,7-9H2,1-2H3,(H,16,17). The minimum Gasteiger partial charge on any atom is -0.444 e. The zero-order valence-corrected chi connectivity index (χ0v) is 13.0. The van der Waals surface area contributed by atoms with Crippen LogP contribution in [-0.4, -0.2) is 24.2 Å². The van der Waals surface area contributed by atoms with Crippen LogP contribution >= 0.6 is 15.9 Å². The van der Waals surface area contributed by atoms with Crippen molar-refractivity contribution in [3.8, 4) is 0 Å². The zero-order chi connectivity index (χ0) is 13.9. The summed E-state index contributed by atoms with van der Waals surface area (Å²) in [7, 11) is 0. The number of rotatable bonds is 4. The number of hydrogen-bond donors (Lipinski definition) is 1. The second kappa shape index (κ2) is 6.09. The van der Waals surface area contributed by atoms with Gasteiger partial charge >= 0.3 is 0 Å². The summed E-state index contributed by atoms with van der Waals surface area (Å²) in [6.07, 6.45) is 3.67. The molecule has 1 amide bonds. The Hall–Kier alpha value is -0.810. The fraction of sp³-hybridized carbons (Fsp3) is 0.643. The van der Waals surface area contributed by atoms with Crippen molar-refractivity contribution in [2.45, 2.75) is 51.2 Å². The number of carbonyl (C=O) groups excluding carboxylic acids is 1. The molecule has 0 aromatic carbocycles. The van der Waals surface area contributed by atoms with Crippen LogP contribution < -0.4 is 5.32 Å². The highest BCUT2D eigenvalue weighted by Crippen LogP contribution is 2.31. The average molecular weight is 330 g/mol. The molecule has 2 heterocycles. The van der Waals surface area contributed by atoms with Crippen molar-refractivity contribution in [1.29, 1.82) is 0 Å². The van der Waals surface area contributed by atoms with Gasteiger partial charge in [0.2, 0.25) is 0 Å². The van der Waals surface area contributed by atoms with Crippen molar-refractivity contribution in [2.24, 2.45) is 0 Å². The molecule has 1 aromatic heterocycles. The molecule has 0 bridgehead atoms. The van der Waals surface area contributed by atoms with Gasteiger partial charge in [0.1, 0.15) is 0 Å². The maximum Gasteiger partial charge on any atom is 0.287 e. The number of carbonyl (C=O) groups is 1. The van der Waals surface area contributed by atoms with Gasteiger partial charge in [-0.2, -0.15) is 0 Å². The fourth-order valence-electron chi connectivity index (χ4n) is 2.59. The second-order valence-corrected chi connectivity index (χ2v) is 5.79. The summed E-state index contributed by atoms with van der Waals surface area (Å²) in [5.74, 6) is 0.190. The molecular weight excluding hydrogens is 310 g/mol. The SMILES string of the molecule is CCC1(CC)CC(NC(=O)c2ccc(Br)o2)CCO1. The fourth-order valence-corrected chi connectivity index (χ4v) is 2.89. The van der Waals surface area contributed by atoms with Gasteiger partial charge < -0.3 is 14.5 Å². The van der Waals surface area contributed by atoms with Crippen LogP contribution in [0.2, 0.25) is 0 Å². The smallest absolute Gasteiger partial charge is 0.287 e. The van der Waals surface area contributed by atoms with Gasteiger partial charge in [-0.15, -0.1) is 0 Å². The van der Waals surface area contributed by atoms with E-state index >= 15 is 0 Å². The first-order chi connectivity index (χ1) is 9.08. The first-order valence-electron chi connectivity index (χ1n) is 6.78. The van der Waals surface area contributed by atoms with E-state index in [2.05, 4.69) is 35.1 Å². The summed E-state index contributed by atoms with van der Waals surface area (Å²) in [6.45, 7) is 4.98. The molecule has 1 aliphatic heterocycles. The molecule has 0 spiro atoms. The number of furan rings is 1. The van der Waals surface area contributed by atoms with Gasteiger partial charge in [0.05, 0.1) is 5.60 Å². The van der Waals surface area contributed by atoms with Crippen molar-refractivity contribution < 1.29 is 13.9 Å². The Morgan fingerprint density at radius 3 is 2.79 bits per heavy atom. The summed E-state index contributed by atoms with van der Waals surface area (Å²) in [4.78, 5) is 12.0. The number of hydrogen-bond acceptors (Lipinski definition) is 3. The van der Waals surface area contributed by atoms with E-state index in [4.69, 9.17) is 9.15 Å². The lowest BCUT2D eigenvalue weighted by molar-refractivity contribution is -0.0918. The van der Waals surface area contributed by atoms with Gasteiger partial charge in [-0.25, -0.2) is 0 Å². The van der Waals surface area contributed by atoms with Crippen LogP contribution in [0.5, 0.6) is 0 Å². The Kier molecular flexibility index (Phi) is 4.68. The normalized spacial score (nSPS) is 22.2. The Morgan fingerprint density at radius 1 is 1.47 bits per heavy atom. The Morgan fingerprint density at radius 2 is 2.21 bits per heavy atom. The van der Waals surface area contributed by atoms with E-state index in [1.54, 1.807) is 12.1 Å². The highest BCUT2D eigenvalue weighted by atomic mass is 79.9. The molecule has 1 saturated heterocycles. The highest BCUT2D eigenvalue weighted by molar-refractivity contribution is 9.10. The lowest BCUT2D eigenvalue weighted by atomic mass is 9.86. The average Bonchev–Trinajstić information content (AvgIpc) is 2.85. The molecule has 1 atom stereocenters. The third-order valence-corrected chi connectivity index (χ3v) is 4.34. The second-order valence-electron chi connectivity index (χ2n) is 5.01. The van der Waals surface area contributed by atoms with Crippen LogP contribution in [0.3, 0.4) is 0 Å². The van der Waals surface area contributed by atoms with E-state index in [1.807, 2.05) is 0 Å². The van der Waals surface area contributed by atoms with Gasteiger partial charge in [-0.1, -0.05) is 13.8 Å². The molecule has 106 valence electrons. The molecule has 2 rings (SSSR count). The van der Waals surface area contributed by atoms with E-state index < -0.39 is 0 Å². The Balaban J connectivity index is 1.97. The van der Waals surface area contributed by atoms with E-state index in [0.29, 0.717) is 17.0 Å². The van der Waals surface area contributed by atoms with Gasteiger partial charge in [-0.05, 0) is 53.7 Å². The highest BCUT2D eigenvalue weighted by Gasteiger charge is 2.35. The van der Waals surface area contributed by atoms with Crippen molar-refractivity contribution in [3.63, 3.8) is 0 Å². The lowest BCUT2D eigenvalue weighted by Gasteiger charge is -2.40. The molecule has 0 aliphatic carbocycles. The zero-order valence-electron chi connectivity index (χ0n) is 11.4. The topological polar surface area (TPSA) is 51.5 Å². The molecule has 0 radical (unpaired) electrons. The molecule has 1 fully saturated rings. The van der Waals surface area contributed by atoms with E-state index in [0.717, 1.165) is 25.7 Å². The van der Waals surface area contributed by atoms with Crippen molar-refractivity contribution in [2.75, 3.05) is 6.61 Å². The summed E-state index contributed by atoms with van der Waals surface area (Å²) in [5.41, 5.74) is -0.0834. The first kappa shape index (κ1) is 14.6. The summed E-state index contributed by atoms with van der Waals surface area (Å²) < 4.78 is 11.7. The molecule has 0 saturated carbocycles. The van der Waals surface area contributed by atoms with Crippen LogP contribution in [0.25, 0.3) is 0 Å². The van der Waals surface area contributed by atoms with Crippen molar-refractivity contribution in [1.82, 2.24) is 5.32 Å². The summed E-state index contributed by atoms with van der Waals surface area (Å²) in [5, 5.41) is 3.04.